The monoisotopic (exact) mass is 201 g/mol. The molecule has 0 unspecified atom stereocenters. The largest absolute Gasteiger partial charge is 0.315 e. The standard InChI is InChI=1S/C11H27N3/c1-11(2)14(5)10-8-12-7-6-9-13(3)4/h11-12H,6-10H2,1-5H3. The zero-order valence-corrected chi connectivity index (χ0v) is 10.5. The lowest BCUT2D eigenvalue weighted by atomic mass is 10.3. The van der Waals surface area contributed by atoms with Crippen LogP contribution in [0, 0.1) is 0 Å². The molecule has 0 bridgehead atoms. The second kappa shape index (κ2) is 8.21. The summed E-state index contributed by atoms with van der Waals surface area (Å²) in [6.45, 7) is 9.00. The minimum Gasteiger partial charge on any atom is -0.315 e. The van der Waals surface area contributed by atoms with E-state index in [9.17, 15) is 0 Å². The highest BCUT2D eigenvalue weighted by atomic mass is 15.1. The van der Waals surface area contributed by atoms with E-state index in [1.165, 1.54) is 13.0 Å². The Morgan fingerprint density at radius 2 is 1.64 bits per heavy atom. The molecule has 0 rings (SSSR count). The minimum absolute atomic E-state index is 0.651. The van der Waals surface area contributed by atoms with Gasteiger partial charge in [-0.15, -0.1) is 0 Å². The fraction of sp³-hybridized carbons (Fsp3) is 1.00. The molecule has 0 aromatic rings. The van der Waals surface area contributed by atoms with E-state index >= 15 is 0 Å². The van der Waals surface area contributed by atoms with Crippen molar-refractivity contribution in [2.45, 2.75) is 26.3 Å². The minimum atomic E-state index is 0.651. The van der Waals surface area contributed by atoms with Crippen LogP contribution < -0.4 is 5.32 Å². The lowest BCUT2D eigenvalue weighted by Gasteiger charge is -2.21. The van der Waals surface area contributed by atoms with Crippen molar-refractivity contribution in [1.82, 2.24) is 15.1 Å². The van der Waals surface area contributed by atoms with E-state index in [-0.39, 0.29) is 0 Å². The predicted molar refractivity (Wildman–Crippen MR) is 63.8 cm³/mol. The summed E-state index contributed by atoms with van der Waals surface area (Å²) in [6, 6.07) is 0.651. The van der Waals surface area contributed by atoms with Crippen molar-refractivity contribution in [3.05, 3.63) is 0 Å². The highest BCUT2D eigenvalue weighted by Gasteiger charge is 2.00. The topological polar surface area (TPSA) is 18.5 Å². The molecule has 3 heteroatoms. The lowest BCUT2D eigenvalue weighted by Crippen LogP contribution is -2.34. The van der Waals surface area contributed by atoms with Crippen LogP contribution in [0.4, 0.5) is 0 Å². The van der Waals surface area contributed by atoms with Gasteiger partial charge < -0.3 is 15.1 Å². The summed E-state index contributed by atoms with van der Waals surface area (Å²) >= 11 is 0. The second-order valence-corrected chi connectivity index (χ2v) is 4.48. The van der Waals surface area contributed by atoms with Crippen LogP contribution in [0.3, 0.4) is 0 Å². The van der Waals surface area contributed by atoms with Crippen molar-refractivity contribution < 1.29 is 0 Å². The fourth-order valence-corrected chi connectivity index (χ4v) is 1.16. The van der Waals surface area contributed by atoms with Crippen molar-refractivity contribution in [2.24, 2.45) is 0 Å². The SMILES string of the molecule is CC(C)N(C)CCNCCCN(C)C. The van der Waals surface area contributed by atoms with Crippen LogP contribution in [-0.4, -0.2) is 63.2 Å². The molecule has 0 heterocycles. The van der Waals surface area contributed by atoms with Crippen LogP contribution in [0.15, 0.2) is 0 Å². The third kappa shape index (κ3) is 8.48. The first-order valence-electron chi connectivity index (χ1n) is 5.59. The lowest BCUT2D eigenvalue weighted by molar-refractivity contribution is 0.272. The van der Waals surface area contributed by atoms with Crippen LogP contribution in [0.2, 0.25) is 0 Å². The van der Waals surface area contributed by atoms with Crippen LogP contribution in [0.1, 0.15) is 20.3 Å². The maximum absolute atomic E-state index is 3.46. The molecule has 0 saturated heterocycles. The molecule has 0 atom stereocenters. The number of nitrogens with zero attached hydrogens (tertiary/aromatic N) is 2. The van der Waals surface area contributed by atoms with Gasteiger partial charge in [0, 0.05) is 19.1 Å². The van der Waals surface area contributed by atoms with Gasteiger partial charge in [0.2, 0.25) is 0 Å². The van der Waals surface area contributed by atoms with Crippen molar-refractivity contribution in [2.75, 3.05) is 47.3 Å². The summed E-state index contributed by atoms with van der Waals surface area (Å²) in [5.74, 6) is 0. The molecule has 14 heavy (non-hydrogen) atoms. The number of likely N-dealkylation sites (N-methyl/N-ethyl adjacent to an activating group) is 1. The summed E-state index contributed by atoms with van der Waals surface area (Å²) in [6.07, 6.45) is 1.23. The molecule has 0 aromatic heterocycles. The van der Waals surface area contributed by atoms with Gasteiger partial charge in [-0.2, -0.15) is 0 Å². The molecule has 0 fully saturated rings. The first-order valence-corrected chi connectivity index (χ1v) is 5.59. The summed E-state index contributed by atoms with van der Waals surface area (Å²) in [7, 11) is 6.41. The van der Waals surface area contributed by atoms with E-state index in [4.69, 9.17) is 0 Å². The Hall–Kier alpha value is -0.120. The van der Waals surface area contributed by atoms with E-state index in [0.717, 1.165) is 19.6 Å². The zero-order valence-electron chi connectivity index (χ0n) is 10.5. The van der Waals surface area contributed by atoms with Crippen molar-refractivity contribution in [3.8, 4) is 0 Å². The molecule has 86 valence electrons. The Balaban J connectivity index is 3.13. The summed E-state index contributed by atoms with van der Waals surface area (Å²) < 4.78 is 0. The van der Waals surface area contributed by atoms with E-state index in [1.54, 1.807) is 0 Å². The molecule has 1 N–H and O–H groups in total. The zero-order chi connectivity index (χ0) is 11.0. The molecule has 0 aromatic carbocycles. The fourth-order valence-electron chi connectivity index (χ4n) is 1.16. The average molecular weight is 201 g/mol. The molecule has 0 saturated carbocycles. The third-order valence-corrected chi connectivity index (χ3v) is 2.48. The normalized spacial score (nSPS) is 12.0. The van der Waals surface area contributed by atoms with Crippen LogP contribution in [0.25, 0.3) is 0 Å². The second-order valence-electron chi connectivity index (χ2n) is 4.48. The van der Waals surface area contributed by atoms with Gasteiger partial charge >= 0.3 is 0 Å². The third-order valence-electron chi connectivity index (χ3n) is 2.48. The van der Waals surface area contributed by atoms with Crippen LogP contribution in [0.5, 0.6) is 0 Å². The van der Waals surface area contributed by atoms with E-state index in [1.807, 2.05) is 0 Å². The summed E-state index contributed by atoms with van der Waals surface area (Å²) in [5, 5.41) is 3.46. The van der Waals surface area contributed by atoms with E-state index in [2.05, 4.69) is 50.1 Å². The molecule has 0 spiro atoms. The van der Waals surface area contributed by atoms with Gasteiger partial charge in [-0.3, -0.25) is 0 Å². The van der Waals surface area contributed by atoms with Gasteiger partial charge in [-0.1, -0.05) is 0 Å². The first-order chi connectivity index (χ1) is 6.54. The molecule has 0 amide bonds. The maximum Gasteiger partial charge on any atom is 0.0106 e. The molecule has 3 nitrogen and oxygen atoms in total. The Bertz CT molecular complexity index is 124. The smallest absolute Gasteiger partial charge is 0.0106 e. The van der Waals surface area contributed by atoms with Crippen LogP contribution in [-0.2, 0) is 0 Å². The number of hydrogen-bond acceptors (Lipinski definition) is 3. The van der Waals surface area contributed by atoms with Gasteiger partial charge in [0.05, 0.1) is 0 Å². The summed E-state index contributed by atoms with van der Waals surface area (Å²) in [5.41, 5.74) is 0. The Morgan fingerprint density at radius 3 is 2.14 bits per heavy atom. The molecule has 0 aliphatic rings. The highest BCUT2D eigenvalue weighted by Crippen LogP contribution is 1.90. The maximum atomic E-state index is 3.46. The van der Waals surface area contributed by atoms with Crippen LogP contribution >= 0.6 is 0 Å². The Morgan fingerprint density at radius 1 is 1.00 bits per heavy atom. The molecular weight excluding hydrogens is 174 g/mol. The molecular formula is C11H27N3. The van der Waals surface area contributed by atoms with E-state index in [0.29, 0.717) is 6.04 Å². The number of rotatable bonds is 8. The Kier molecular flexibility index (Phi) is 8.14. The highest BCUT2D eigenvalue weighted by molar-refractivity contribution is 4.59. The first kappa shape index (κ1) is 13.9. The van der Waals surface area contributed by atoms with Gasteiger partial charge in [-0.05, 0) is 54.5 Å². The summed E-state index contributed by atoms with van der Waals surface area (Å²) in [4.78, 5) is 4.58. The van der Waals surface area contributed by atoms with Gasteiger partial charge in [0.15, 0.2) is 0 Å². The van der Waals surface area contributed by atoms with Crippen molar-refractivity contribution >= 4 is 0 Å². The molecule has 0 radical (unpaired) electrons. The molecule has 0 aliphatic heterocycles. The number of hydrogen-bond donors (Lipinski definition) is 1. The van der Waals surface area contributed by atoms with Gasteiger partial charge in [0.25, 0.3) is 0 Å². The quantitative estimate of drug-likeness (QED) is 0.588. The number of nitrogens with one attached hydrogen (secondary N) is 1. The van der Waals surface area contributed by atoms with E-state index < -0.39 is 0 Å². The Labute approximate surface area is 89.5 Å². The van der Waals surface area contributed by atoms with Gasteiger partial charge in [-0.25, -0.2) is 0 Å². The van der Waals surface area contributed by atoms with Gasteiger partial charge in [0.1, 0.15) is 0 Å². The average Bonchev–Trinajstić information content (AvgIpc) is 2.09. The molecule has 0 aliphatic carbocycles. The predicted octanol–water partition coefficient (Wildman–Crippen LogP) is 0.868. The van der Waals surface area contributed by atoms with Crippen molar-refractivity contribution in [3.63, 3.8) is 0 Å². The van der Waals surface area contributed by atoms with Crippen molar-refractivity contribution in [1.29, 1.82) is 0 Å².